The van der Waals surface area contributed by atoms with Crippen LogP contribution in [0.2, 0.25) is 0 Å². The predicted molar refractivity (Wildman–Crippen MR) is 52.7 cm³/mol. The molecule has 0 amide bonds. The van der Waals surface area contributed by atoms with Gasteiger partial charge in [-0.15, -0.1) is 0 Å². The van der Waals surface area contributed by atoms with Crippen molar-refractivity contribution in [3.63, 3.8) is 0 Å². The Morgan fingerprint density at radius 2 is 1.86 bits per heavy atom. The van der Waals surface area contributed by atoms with Crippen LogP contribution in [0.3, 0.4) is 0 Å². The summed E-state index contributed by atoms with van der Waals surface area (Å²) in [4.78, 5) is 23.0. The Hall–Kier alpha value is -0.860. The molecule has 0 heterocycles. The van der Waals surface area contributed by atoms with E-state index in [1.165, 1.54) is 0 Å². The number of ketones is 1. The van der Waals surface area contributed by atoms with Crippen molar-refractivity contribution in [2.75, 3.05) is 6.61 Å². The molecule has 0 aromatic heterocycles. The number of esters is 1. The second-order valence-electron chi connectivity index (χ2n) is 4.12. The van der Waals surface area contributed by atoms with Gasteiger partial charge in [0.1, 0.15) is 5.78 Å². The van der Waals surface area contributed by atoms with E-state index in [9.17, 15) is 9.59 Å². The Labute approximate surface area is 84.8 Å². The third-order valence-corrected chi connectivity index (χ3v) is 2.87. The fourth-order valence-electron chi connectivity index (χ4n) is 2.12. The maximum absolute atomic E-state index is 11.5. The highest BCUT2D eigenvalue weighted by Gasteiger charge is 2.35. The van der Waals surface area contributed by atoms with Gasteiger partial charge in [-0.25, -0.2) is 0 Å². The van der Waals surface area contributed by atoms with Crippen molar-refractivity contribution in [3.8, 4) is 0 Å². The summed E-state index contributed by atoms with van der Waals surface area (Å²) in [7, 11) is 0. The zero-order chi connectivity index (χ0) is 10.7. The van der Waals surface area contributed by atoms with Gasteiger partial charge in [-0.05, 0) is 19.8 Å². The maximum atomic E-state index is 11.5. The summed E-state index contributed by atoms with van der Waals surface area (Å²) in [5, 5.41) is 0. The first-order valence-corrected chi connectivity index (χ1v) is 5.26. The molecule has 1 aliphatic rings. The number of Topliss-reactive ketones (excluding diaryl/α,β-unsaturated/α-hetero) is 1. The van der Waals surface area contributed by atoms with Crippen molar-refractivity contribution in [1.82, 2.24) is 0 Å². The molecule has 0 aliphatic heterocycles. The quantitative estimate of drug-likeness (QED) is 0.635. The smallest absolute Gasteiger partial charge is 0.308 e. The Balaban J connectivity index is 2.57. The van der Waals surface area contributed by atoms with E-state index in [2.05, 4.69) is 0 Å². The first-order valence-electron chi connectivity index (χ1n) is 5.26. The van der Waals surface area contributed by atoms with Gasteiger partial charge in [-0.3, -0.25) is 9.59 Å². The lowest BCUT2D eigenvalue weighted by Crippen LogP contribution is -2.34. The monoisotopic (exact) mass is 198 g/mol. The van der Waals surface area contributed by atoms with Crippen molar-refractivity contribution >= 4 is 11.8 Å². The van der Waals surface area contributed by atoms with Crippen molar-refractivity contribution in [3.05, 3.63) is 0 Å². The molecular weight excluding hydrogens is 180 g/mol. The normalized spacial score (nSPS) is 32.8. The average molecular weight is 198 g/mol. The first kappa shape index (κ1) is 11.2. The lowest BCUT2D eigenvalue weighted by atomic mass is 9.76. The van der Waals surface area contributed by atoms with Crippen LogP contribution in [0.4, 0.5) is 0 Å². The molecule has 1 rings (SSSR count). The summed E-state index contributed by atoms with van der Waals surface area (Å²) < 4.78 is 4.96. The molecule has 3 nitrogen and oxygen atoms in total. The Kier molecular flexibility index (Phi) is 3.67. The van der Waals surface area contributed by atoms with Gasteiger partial charge in [-0.1, -0.05) is 13.8 Å². The highest BCUT2D eigenvalue weighted by molar-refractivity contribution is 5.86. The summed E-state index contributed by atoms with van der Waals surface area (Å²) in [5.41, 5.74) is 0. The van der Waals surface area contributed by atoms with Crippen LogP contribution in [-0.4, -0.2) is 18.4 Å². The molecule has 2 atom stereocenters. The lowest BCUT2D eigenvalue weighted by molar-refractivity contribution is -0.151. The van der Waals surface area contributed by atoms with E-state index < -0.39 is 0 Å². The van der Waals surface area contributed by atoms with E-state index in [1.54, 1.807) is 6.92 Å². The molecule has 0 bridgehead atoms. The van der Waals surface area contributed by atoms with Gasteiger partial charge in [0.2, 0.25) is 0 Å². The topological polar surface area (TPSA) is 43.4 Å². The van der Waals surface area contributed by atoms with E-state index >= 15 is 0 Å². The van der Waals surface area contributed by atoms with E-state index in [0.717, 1.165) is 0 Å². The van der Waals surface area contributed by atoms with Crippen LogP contribution in [-0.2, 0) is 14.3 Å². The highest BCUT2D eigenvalue weighted by Crippen LogP contribution is 2.30. The first-order chi connectivity index (χ1) is 6.56. The van der Waals surface area contributed by atoms with Crippen molar-refractivity contribution in [1.29, 1.82) is 0 Å². The molecule has 0 aromatic rings. The number of hydrogen-bond acceptors (Lipinski definition) is 3. The van der Waals surface area contributed by atoms with Gasteiger partial charge >= 0.3 is 5.97 Å². The highest BCUT2D eigenvalue weighted by atomic mass is 16.5. The van der Waals surface area contributed by atoms with Crippen molar-refractivity contribution < 1.29 is 14.3 Å². The number of rotatable bonds is 2. The third kappa shape index (κ3) is 2.34. The summed E-state index contributed by atoms with van der Waals surface area (Å²) in [6.07, 6.45) is 1.31. The van der Waals surface area contributed by atoms with Gasteiger partial charge < -0.3 is 4.74 Å². The Morgan fingerprint density at radius 1 is 1.36 bits per heavy atom. The van der Waals surface area contributed by atoms with Crippen molar-refractivity contribution in [2.45, 2.75) is 33.6 Å². The van der Waals surface area contributed by atoms with Gasteiger partial charge in [-0.2, -0.15) is 0 Å². The molecule has 80 valence electrons. The van der Waals surface area contributed by atoms with Crippen LogP contribution in [0.1, 0.15) is 33.6 Å². The van der Waals surface area contributed by atoms with Crippen molar-refractivity contribution in [2.24, 2.45) is 17.8 Å². The molecule has 1 aliphatic carbocycles. The summed E-state index contributed by atoms with van der Waals surface area (Å²) in [6.45, 7) is 6.01. The fraction of sp³-hybridized carbons (Fsp3) is 0.818. The summed E-state index contributed by atoms with van der Waals surface area (Å²) in [5.74, 6) is 0.0863. The summed E-state index contributed by atoms with van der Waals surface area (Å²) >= 11 is 0. The van der Waals surface area contributed by atoms with Gasteiger partial charge in [0.25, 0.3) is 0 Å². The fourth-order valence-corrected chi connectivity index (χ4v) is 2.12. The molecule has 0 unspecified atom stereocenters. The number of ether oxygens (including phenoxy) is 1. The standard InChI is InChI=1S/C11H18O3/c1-4-14-11(13)9-5-7(2)10(12)8(3)6-9/h7-9H,4-6H2,1-3H3/t7-,8-/m0/s1. The lowest BCUT2D eigenvalue weighted by Gasteiger charge is -2.28. The molecule has 0 aromatic carbocycles. The molecule has 0 spiro atoms. The number of carbonyl (C=O) groups is 2. The summed E-state index contributed by atoms with van der Waals surface area (Å²) in [6, 6.07) is 0. The predicted octanol–water partition coefficient (Wildman–Crippen LogP) is 1.80. The van der Waals surface area contributed by atoms with Gasteiger partial charge in [0, 0.05) is 11.8 Å². The second kappa shape index (κ2) is 4.58. The molecule has 1 fully saturated rings. The maximum Gasteiger partial charge on any atom is 0.308 e. The number of carbonyl (C=O) groups excluding carboxylic acids is 2. The largest absolute Gasteiger partial charge is 0.466 e. The van der Waals surface area contributed by atoms with Crippen LogP contribution in [0.15, 0.2) is 0 Å². The Morgan fingerprint density at radius 3 is 2.29 bits per heavy atom. The molecule has 14 heavy (non-hydrogen) atoms. The van der Waals surface area contributed by atoms with Crippen LogP contribution in [0.5, 0.6) is 0 Å². The van der Waals surface area contributed by atoms with Crippen LogP contribution >= 0.6 is 0 Å². The van der Waals surface area contributed by atoms with E-state index in [4.69, 9.17) is 4.74 Å². The third-order valence-electron chi connectivity index (χ3n) is 2.87. The van der Waals surface area contributed by atoms with Crippen LogP contribution < -0.4 is 0 Å². The second-order valence-corrected chi connectivity index (χ2v) is 4.12. The minimum absolute atomic E-state index is 0.00755. The van der Waals surface area contributed by atoms with Crippen LogP contribution in [0, 0.1) is 17.8 Å². The number of hydrogen-bond donors (Lipinski definition) is 0. The molecule has 3 heteroatoms. The van der Waals surface area contributed by atoms with E-state index in [-0.39, 0.29) is 29.5 Å². The zero-order valence-electron chi connectivity index (χ0n) is 9.08. The van der Waals surface area contributed by atoms with E-state index in [0.29, 0.717) is 19.4 Å². The van der Waals surface area contributed by atoms with Crippen LogP contribution in [0.25, 0.3) is 0 Å². The Bertz CT molecular complexity index is 221. The SMILES string of the molecule is CCOC(=O)C1C[C@H](C)C(=O)[C@@H](C)C1. The minimum atomic E-state index is -0.140. The molecule has 1 saturated carbocycles. The molecule has 0 radical (unpaired) electrons. The van der Waals surface area contributed by atoms with E-state index in [1.807, 2.05) is 13.8 Å². The molecule has 0 N–H and O–H groups in total. The zero-order valence-corrected chi connectivity index (χ0v) is 9.08. The molecule has 0 saturated heterocycles. The van der Waals surface area contributed by atoms with Gasteiger partial charge in [0.05, 0.1) is 12.5 Å². The van der Waals surface area contributed by atoms with Gasteiger partial charge in [0.15, 0.2) is 0 Å². The average Bonchev–Trinajstić information content (AvgIpc) is 2.13. The molecular formula is C11H18O3. The minimum Gasteiger partial charge on any atom is -0.466 e.